The molecule has 2 aromatic rings. The average molecular weight is 279 g/mol. The molecule has 2 N–H and O–H groups in total. The molecule has 1 heterocycles. The largest absolute Gasteiger partial charge is 0.399 e. The van der Waals surface area contributed by atoms with Crippen LogP contribution in [0.3, 0.4) is 0 Å². The molecule has 1 aromatic heterocycles. The molecule has 0 fully saturated rings. The van der Waals surface area contributed by atoms with Gasteiger partial charge in [0.2, 0.25) is 0 Å². The van der Waals surface area contributed by atoms with Crippen LogP contribution >= 0.6 is 11.8 Å². The number of aryl methyl sites for hydroxylation is 2. The quantitative estimate of drug-likeness (QED) is 0.673. The van der Waals surface area contributed by atoms with Gasteiger partial charge in [-0.2, -0.15) is 5.10 Å². The number of halogens is 1. The van der Waals surface area contributed by atoms with Gasteiger partial charge in [-0.3, -0.25) is 4.68 Å². The zero-order chi connectivity index (χ0) is 13.8. The summed E-state index contributed by atoms with van der Waals surface area (Å²) in [5.74, 6) is 0.477. The van der Waals surface area contributed by atoms with Gasteiger partial charge in [-0.15, -0.1) is 11.8 Å². The number of rotatable bonds is 5. The van der Waals surface area contributed by atoms with Gasteiger partial charge in [0.15, 0.2) is 0 Å². The van der Waals surface area contributed by atoms with Gasteiger partial charge in [0, 0.05) is 28.6 Å². The minimum atomic E-state index is -0.291. The molecule has 0 saturated heterocycles. The zero-order valence-corrected chi connectivity index (χ0v) is 12.0. The minimum Gasteiger partial charge on any atom is -0.399 e. The minimum absolute atomic E-state index is 0.291. The van der Waals surface area contributed by atoms with Crippen LogP contribution in [0.15, 0.2) is 29.2 Å². The van der Waals surface area contributed by atoms with Gasteiger partial charge in [-0.05, 0) is 37.6 Å². The highest BCUT2D eigenvalue weighted by atomic mass is 32.2. The molecule has 0 saturated carbocycles. The molecule has 0 spiro atoms. The first-order valence-electron chi connectivity index (χ1n) is 6.36. The second-order valence-corrected chi connectivity index (χ2v) is 5.35. The first-order valence-corrected chi connectivity index (χ1v) is 7.35. The van der Waals surface area contributed by atoms with Crippen LogP contribution in [0.4, 0.5) is 10.1 Å². The van der Waals surface area contributed by atoms with E-state index >= 15 is 0 Å². The van der Waals surface area contributed by atoms with Crippen LogP contribution < -0.4 is 5.73 Å². The number of benzene rings is 1. The number of nitrogen functional groups attached to an aromatic ring is 1. The molecule has 2 rings (SSSR count). The third-order valence-electron chi connectivity index (χ3n) is 2.86. The molecular weight excluding hydrogens is 261 g/mol. The van der Waals surface area contributed by atoms with Crippen LogP contribution in [-0.4, -0.2) is 9.78 Å². The monoisotopic (exact) mass is 279 g/mol. The molecule has 19 heavy (non-hydrogen) atoms. The number of thioether (sulfide) groups is 1. The number of hydrogen-bond acceptors (Lipinski definition) is 3. The summed E-state index contributed by atoms with van der Waals surface area (Å²) in [6, 6.07) is 6.74. The Hall–Kier alpha value is -1.49. The maximum atomic E-state index is 13.2. The highest BCUT2D eigenvalue weighted by Gasteiger charge is 2.07. The van der Waals surface area contributed by atoms with E-state index in [1.165, 1.54) is 12.1 Å². The van der Waals surface area contributed by atoms with Crippen LogP contribution in [-0.2, 0) is 18.7 Å². The van der Waals surface area contributed by atoms with Crippen molar-refractivity contribution in [2.75, 3.05) is 5.73 Å². The molecule has 1 aromatic carbocycles. The number of aromatic nitrogens is 2. The molecule has 0 aliphatic heterocycles. The molecule has 5 heteroatoms. The van der Waals surface area contributed by atoms with Crippen molar-refractivity contribution >= 4 is 17.4 Å². The number of nitrogens with two attached hydrogens (primary N) is 1. The highest BCUT2D eigenvalue weighted by molar-refractivity contribution is 7.98. The van der Waals surface area contributed by atoms with Gasteiger partial charge in [0.25, 0.3) is 0 Å². The Morgan fingerprint density at radius 3 is 2.68 bits per heavy atom. The summed E-state index contributed by atoms with van der Waals surface area (Å²) < 4.78 is 15.2. The fourth-order valence-electron chi connectivity index (χ4n) is 1.90. The third kappa shape index (κ3) is 3.50. The summed E-state index contributed by atoms with van der Waals surface area (Å²) in [7, 11) is 0. The molecule has 0 aliphatic carbocycles. The van der Waals surface area contributed by atoms with E-state index in [4.69, 9.17) is 5.73 Å². The summed E-state index contributed by atoms with van der Waals surface area (Å²) in [6.07, 6.45) is 0.928. The van der Waals surface area contributed by atoms with E-state index in [2.05, 4.69) is 25.0 Å². The van der Waals surface area contributed by atoms with Gasteiger partial charge in [-0.1, -0.05) is 6.92 Å². The van der Waals surface area contributed by atoms with Crippen LogP contribution in [0.5, 0.6) is 0 Å². The zero-order valence-electron chi connectivity index (χ0n) is 11.2. The van der Waals surface area contributed by atoms with Gasteiger partial charge in [0.05, 0.1) is 5.69 Å². The normalized spacial score (nSPS) is 10.9. The summed E-state index contributed by atoms with van der Waals surface area (Å²) >= 11 is 1.57. The molecular formula is C14H18FN3S. The third-order valence-corrected chi connectivity index (χ3v) is 3.87. The molecule has 0 radical (unpaired) electrons. The van der Waals surface area contributed by atoms with E-state index in [-0.39, 0.29) is 5.82 Å². The van der Waals surface area contributed by atoms with E-state index in [1.807, 2.05) is 4.68 Å². The van der Waals surface area contributed by atoms with Crippen molar-refractivity contribution in [1.82, 2.24) is 9.78 Å². The maximum Gasteiger partial charge on any atom is 0.126 e. The van der Waals surface area contributed by atoms with Gasteiger partial charge >= 0.3 is 0 Å². The van der Waals surface area contributed by atoms with Crippen molar-refractivity contribution in [3.63, 3.8) is 0 Å². The SMILES string of the molecule is CCc1cc(CSc2cc(N)cc(F)c2)n(CC)n1. The summed E-state index contributed by atoms with van der Waals surface area (Å²) in [5, 5.41) is 4.50. The summed E-state index contributed by atoms with van der Waals surface area (Å²) in [5.41, 5.74) is 8.35. The Balaban J connectivity index is 2.11. The van der Waals surface area contributed by atoms with Crippen LogP contribution in [0.25, 0.3) is 0 Å². The molecule has 0 atom stereocenters. The molecule has 3 nitrogen and oxygen atoms in total. The predicted octanol–water partition coefficient (Wildman–Crippen LogP) is 3.48. The molecule has 0 amide bonds. The van der Waals surface area contributed by atoms with Crippen LogP contribution in [0.1, 0.15) is 25.2 Å². The van der Waals surface area contributed by atoms with Gasteiger partial charge < -0.3 is 5.73 Å². The van der Waals surface area contributed by atoms with Crippen LogP contribution in [0.2, 0.25) is 0 Å². The first-order chi connectivity index (χ1) is 9.12. The molecule has 0 bridgehead atoms. The van der Waals surface area contributed by atoms with E-state index in [1.54, 1.807) is 17.8 Å². The maximum absolute atomic E-state index is 13.2. The lowest BCUT2D eigenvalue weighted by Crippen LogP contribution is -2.01. The van der Waals surface area contributed by atoms with Crippen molar-refractivity contribution in [2.45, 2.75) is 37.5 Å². The van der Waals surface area contributed by atoms with Gasteiger partial charge in [0.1, 0.15) is 5.82 Å². The topological polar surface area (TPSA) is 43.8 Å². The Bertz CT molecular complexity index is 546. The van der Waals surface area contributed by atoms with E-state index in [0.717, 1.165) is 35.0 Å². The highest BCUT2D eigenvalue weighted by Crippen LogP contribution is 2.26. The summed E-state index contributed by atoms with van der Waals surface area (Å²) in [4.78, 5) is 0.847. The number of hydrogen-bond donors (Lipinski definition) is 1. The Labute approximate surface area is 117 Å². The Kier molecular flexibility index (Phi) is 4.47. The predicted molar refractivity (Wildman–Crippen MR) is 77.7 cm³/mol. The first kappa shape index (κ1) is 13.9. The lowest BCUT2D eigenvalue weighted by molar-refractivity contribution is 0.624. The van der Waals surface area contributed by atoms with Crippen molar-refractivity contribution in [1.29, 1.82) is 0 Å². The number of anilines is 1. The van der Waals surface area contributed by atoms with Crippen LogP contribution in [0, 0.1) is 5.82 Å². The van der Waals surface area contributed by atoms with Crippen molar-refractivity contribution < 1.29 is 4.39 Å². The lowest BCUT2D eigenvalue weighted by atomic mass is 10.3. The second kappa shape index (κ2) is 6.10. The number of nitrogens with zero attached hydrogens (tertiary/aromatic N) is 2. The van der Waals surface area contributed by atoms with E-state index < -0.39 is 0 Å². The van der Waals surface area contributed by atoms with E-state index in [9.17, 15) is 4.39 Å². The lowest BCUT2D eigenvalue weighted by Gasteiger charge is -2.05. The fourth-order valence-corrected chi connectivity index (χ4v) is 2.86. The average Bonchev–Trinajstić information content (AvgIpc) is 2.77. The van der Waals surface area contributed by atoms with Crippen molar-refractivity contribution in [3.8, 4) is 0 Å². The van der Waals surface area contributed by atoms with Gasteiger partial charge in [-0.25, -0.2) is 4.39 Å². The summed E-state index contributed by atoms with van der Waals surface area (Å²) in [6.45, 7) is 5.01. The van der Waals surface area contributed by atoms with Crippen molar-refractivity contribution in [3.05, 3.63) is 41.5 Å². The Morgan fingerprint density at radius 2 is 2.05 bits per heavy atom. The standard InChI is InChI=1S/C14H18FN3S/c1-3-12-8-13(18(4-2)17-12)9-19-14-6-10(15)5-11(16)7-14/h5-8H,3-4,9,16H2,1-2H3. The van der Waals surface area contributed by atoms with E-state index in [0.29, 0.717) is 5.69 Å². The second-order valence-electron chi connectivity index (χ2n) is 4.31. The molecule has 0 unspecified atom stereocenters. The van der Waals surface area contributed by atoms with Crippen molar-refractivity contribution in [2.24, 2.45) is 0 Å². The fraction of sp³-hybridized carbons (Fsp3) is 0.357. The Morgan fingerprint density at radius 1 is 1.26 bits per heavy atom. The molecule has 0 aliphatic rings. The smallest absolute Gasteiger partial charge is 0.126 e. The molecule has 102 valence electrons.